The van der Waals surface area contributed by atoms with E-state index < -0.39 is 0 Å². The summed E-state index contributed by atoms with van der Waals surface area (Å²) >= 11 is 0. The van der Waals surface area contributed by atoms with Crippen molar-refractivity contribution in [2.45, 2.75) is 19.8 Å². The number of rotatable bonds is 5. The number of carbonyl (C=O) groups is 1. The first kappa shape index (κ1) is 17.6. The molecule has 2 aromatic carbocycles. The van der Waals surface area contributed by atoms with Crippen LogP contribution in [0.5, 0.6) is 0 Å². The molecule has 1 aromatic heterocycles. The predicted molar refractivity (Wildman–Crippen MR) is 102 cm³/mol. The zero-order valence-electron chi connectivity index (χ0n) is 14.7. The van der Waals surface area contributed by atoms with E-state index in [1.54, 1.807) is 30.5 Å². The molecule has 0 fully saturated rings. The second-order valence-electron chi connectivity index (χ2n) is 6.26. The van der Waals surface area contributed by atoms with Crippen molar-refractivity contribution in [2.75, 3.05) is 10.6 Å². The molecule has 132 valence electrons. The number of anilines is 3. The van der Waals surface area contributed by atoms with Crippen molar-refractivity contribution in [3.63, 3.8) is 0 Å². The van der Waals surface area contributed by atoms with Crippen molar-refractivity contribution >= 4 is 23.0 Å². The summed E-state index contributed by atoms with van der Waals surface area (Å²) in [5.74, 6) is -0.282. The van der Waals surface area contributed by atoms with E-state index in [1.165, 1.54) is 12.1 Å². The van der Waals surface area contributed by atoms with Gasteiger partial charge < -0.3 is 10.6 Å². The van der Waals surface area contributed by atoms with Gasteiger partial charge in [0.05, 0.1) is 11.9 Å². The molecule has 0 spiro atoms. The molecular weight excluding hydrogens is 329 g/mol. The molecule has 26 heavy (non-hydrogen) atoms. The first-order chi connectivity index (χ1) is 12.5. The summed E-state index contributed by atoms with van der Waals surface area (Å²) < 4.78 is 13.2. The van der Waals surface area contributed by atoms with Crippen LogP contribution in [0, 0.1) is 5.82 Å². The van der Waals surface area contributed by atoms with Gasteiger partial charge >= 0.3 is 0 Å². The van der Waals surface area contributed by atoms with E-state index in [4.69, 9.17) is 0 Å². The van der Waals surface area contributed by atoms with E-state index in [-0.39, 0.29) is 11.7 Å². The average Bonchev–Trinajstić information content (AvgIpc) is 2.62. The van der Waals surface area contributed by atoms with Gasteiger partial charge in [-0.05, 0) is 47.9 Å². The van der Waals surface area contributed by atoms with Crippen LogP contribution in [0.1, 0.15) is 35.8 Å². The summed E-state index contributed by atoms with van der Waals surface area (Å²) in [7, 11) is 0. The number of halogens is 1. The van der Waals surface area contributed by atoms with Gasteiger partial charge in [0.2, 0.25) is 0 Å². The Kier molecular flexibility index (Phi) is 5.27. The minimum absolute atomic E-state index is 0.268. The van der Waals surface area contributed by atoms with Gasteiger partial charge in [-0.1, -0.05) is 38.1 Å². The van der Waals surface area contributed by atoms with Gasteiger partial charge in [-0.3, -0.25) is 4.79 Å². The highest BCUT2D eigenvalue weighted by Crippen LogP contribution is 2.24. The fraction of sp³-hybridized carbons (Fsp3) is 0.143. The summed E-state index contributed by atoms with van der Waals surface area (Å²) in [6.07, 6.45) is 1.55. The summed E-state index contributed by atoms with van der Waals surface area (Å²) in [6.45, 7) is 4.16. The predicted octanol–water partition coefficient (Wildman–Crippen LogP) is 5.34. The minimum Gasteiger partial charge on any atom is -0.354 e. The molecular formula is C21H20FN3O. The van der Waals surface area contributed by atoms with Crippen LogP contribution in [0.15, 0.2) is 66.9 Å². The summed E-state index contributed by atoms with van der Waals surface area (Å²) in [4.78, 5) is 16.7. The standard InChI is InChI=1S/C21H20FN3O/c1-14(2)18-8-3-4-9-19(18)25-21(26)20-11-10-17(13-23-20)24-16-7-5-6-15(22)12-16/h3-14,24H,1-2H3,(H,25,26). The summed E-state index contributed by atoms with van der Waals surface area (Å²) in [6, 6.07) is 17.3. The molecule has 0 aliphatic rings. The molecule has 0 atom stereocenters. The van der Waals surface area contributed by atoms with E-state index in [9.17, 15) is 9.18 Å². The second-order valence-corrected chi connectivity index (χ2v) is 6.26. The fourth-order valence-corrected chi connectivity index (χ4v) is 2.64. The number of aromatic nitrogens is 1. The van der Waals surface area contributed by atoms with Gasteiger partial charge in [-0.25, -0.2) is 9.37 Å². The zero-order valence-corrected chi connectivity index (χ0v) is 14.7. The molecule has 1 heterocycles. The Morgan fingerprint density at radius 3 is 2.50 bits per heavy atom. The Balaban J connectivity index is 1.71. The largest absolute Gasteiger partial charge is 0.354 e. The Hall–Kier alpha value is -3.21. The number of benzene rings is 2. The van der Waals surface area contributed by atoms with E-state index in [2.05, 4.69) is 29.5 Å². The van der Waals surface area contributed by atoms with Crippen LogP contribution < -0.4 is 10.6 Å². The van der Waals surface area contributed by atoms with Crippen LogP contribution in [0.4, 0.5) is 21.5 Å². The normalized spacial score (nSPS) is 10.6. The molecule has 0 saturated carbocycles. The van der Waals surface area contributed by atoms with E-state index in [1.807, 2.05) is 24.3 Å². The number of nitrogens with one attached hydrogen (secondary N) is 2. The maximum Gasteiger partial charge on any atom is 0.274 e. The highest BCUT2D eigenvalue weighted by molar-refractivity contribution is 6.03. The minimum atomic E-state index is -0.317. The zero-order chi connectivity index (χ0) is 18.5. The van der Waals surface area contributed by atoms with Crippen LogP contribution in [0.3, 0.4) is 0 Å². The number of amides is 1. The number of hydrogen-bond acceptors (Lipinski definition) is 3. The quantitative estimate of drug-likeness (QED) is 0.654. The van der Waals surface area contributed by atoms with Crippen molar-refractivity contribution in [1.82, 2.24) is 4.98 Å². The smallest absolute Gasteiger partial charge is 0.274 e. The lowest BCUT2D eigenvalue weighted by Gasteiger charge is -2.13. The average molecular weight is 349 g/mol. The van der Waals surface area contributed by atoms with Crippen LogP contribution in [-0.2, 0) is 0 Å². The number of nitrogens with zero attached hydrogens (tertiary/aromatic N) is 1. The molecule has 4 nitrogen and oxygen atoms in total. The molecule has 1 amide bonds. The lowest BCUT2D eigenvalue weighted by molar-refractivity contribution is 0.102. The van der Waals surface area contributed by atoms with Crippen molar-refractivity contribution < 1.29 is 9.18 Å². The lowest BCUT2D eigenvalue weighted by Crippen LogP contribution is -2.15. The first-order valence-electron chi connectivity index (χ1n) is 8.42. The molecule has 3 rings (SSSR count). The van der Waals surface area contributed by atoms with Gasteiger partial charge in [0.15, 0.2) is 0 Å². The van der Waals surface area contributed by atoms with Crippen molar-refractivity contribution in [1.29, 1.82) is 0 Å². The number of pyridine rings is 1. The second kappa shape index (κ2) is 7.78. The van der Waals surface area contributed by atoms with E-state index in [0.717, 1.165) is 11.3 Å². The maximum atomic E-state index is 13.2. The third-order valence-electron chi connectivity index (χ3n) is 3.94. The Morgan fingerprint density at radius 1 is 1.00 bits per heavy atom. The SMILES string of the molecule is CC(C)c1ccccc1NC(=O)c1ccc(Nc2cccc(F)c2)cn1. The van der Waals surface area contributed by atoms with Gasteiger partial charge in [-0.15, -0.1) is 0 Å². The highest BCUT2D eigenvalue weighted by atomic mass is 19.1. The molecule has 0 aliphatic carbocycles. The Morgan fingerprint density at radius 2 is 1.81 bits per heavy atom. The van der Waals surface area contributed by atoms with Crippen LogP contribution in [0.2, 0.25) is 0 Å². The molecule has 0 bridgehead atoms. The Labute approximate surface area is 152 Å². The molecule has 5 heteroatoms. The topological polar surface area (TPSA) is 54.0 Å². The summed E-state index contributed by atoms with van der Waals surface area (Å²) in [5.41, 5.74) is 3.47. The molecule has 0 unspecified atom stereocenters. The van der Waals surface area contributed by atoms with Crippen molar-refractivity contribution in [3.8, 4) is 0 Å². The third kappa shape index (κ3) is 4.25. The van der Waals surface area contributed by atoms with Crippen LogP contribution in [0.25, 0.3) is 0 Å². The first-order valence-corrected chi connectivity index (χ1v) is 8.42. The maximum absolute atomic E-state index is 13.2. The molecule has 0 radical (unpaired) electrons. The fourth-order valence-electron chi connectivity index (χ4n) is 2.64. The van der Waals surface area contributed by atoms with E-state index >= 15 is 0 Å². The molecule has 0 aliphatic heterocycles. The monoisotopic (exact) mass is 349 g/mol. The molecule has 3 aromatic rings. The van der Waals surface area contributed by atoms with Gasteiger partial charge in [0, 0.05) is 11.4 Å². The van der Waals surface area contributed by atoms with Gasteiger partial charge in [0.1, 0.15) is 11.5 Å². The molecule has 2 N–H and O–H groups in total. The van der Waals surface area contributed by atoms with Gasteiger partial charge in [0.25, 0.3) is 5.91 Å². The van der Waals surface area contributed by atoms with Gasteiger partial charge in [-0.2, -0.15) is 0 Å². The summed E-state index contributed by atoms with van der Waals surface area (Å²) in [5, 5.41) is 5.96. The van der Waals surface area contributed by atoms with E-state index in [0.29, 0.717) is 23.0 Å². The Bertz CT molecular complexity index is 907. The third-order valence-corrected chi connectivity index (χ3v) is 3.94. The van der Waals surface area contributed by atoms with Crippen molar-refractivity contribution in [2.24, 2.45) is 0 Å². The highest BCUT2D eigenvalue weighted by Gasteiger charge is 2.12. The number of para-hydroxylation sites is 1. The number of carbonyl (C=O) groups excluding carboxylic acids is 1. The number of hydrogen-bond donors (Lipinski definition) is 2. The van der Waals surface area contributed by atoms with Crippen molar-refractivity contribution in [3.05, 3.63) is 83.9 Å². The lowest BCUT2D eigenvalue weighted by atomic mass is 10.0. The van der Waals surface area contributed by atoms with Crippen LogP contribution in [-0.4, -0.2) is 10.9 Å². The molecule has 0 saturated heterocycles. The van der Waals surface area contributed by atoms with Crippen LogP contribution >= 0.6 is 0 Å².